The third kappa shape index (κ3) is 3.33. The smallest absolute Gasteiger partial charge is 0.226 e. The average Bonchev–Trinajstić information content (AvgIpc) is 3.15. The molecule has 0 radical (unpaired) electrons. The molecule has 0 unspecified atom stereocenters. The predicted octanol–water partition coefficient (Wildman–Crippen LogP) is 2.53. The Bertz CT molecular complexity index is 572. The van der Waals surface area contributed by atoms with Crippen molar-refractivity contribution in [3.8, 4) is 0 Å². The van der Waals surface area contributed by atoms with Crippen LogP contribution >= 0.6 is 0 Å². The lowest BCUT2D eigenvalue weighted by Gasteiger charge is -2.28. The van der Waals surface area contributed by atoms with Gasteiger partial charge in [0, 0.05) is 19.2 Å². The maximum absolute atomic E-state index is 12.7. The quantitative estimate of drug-likeness (QED) is 0.868. The monoisotopic (exact) mass is 314 g/mol. The molecular formula is C19H26N2O2. The molecule has 2 aliphatic heterocycles. The number of benzene rings is 1. The van der Waals surface area contributed by atoms with Gasteiger partial charge >= 0.3 is 0 Å². The van der Waals surface area contributed by atoms with Gasteiger partial charge in [0.1, 0.15) is 0 Å². The molecule has 124 valence electrons. The van der Waals surface area contributed by atoms with Crippen molar-refractivity contribution in [1.29, 1.82) is 0 Å². The molecule has 4 heteroatoms. The predicted molar refractivity (Wildman–Crippen MR) is 91.0 cm³/mol. The number of nitrogens with zero attached hydrogens (tertiary/aromatic N) is 1. The Morgan fingerprint density at radius 1 is 1.30 bits per heavy atom. The number of carbonyl (C=O) groups excluding carboxylic acids is 1. The van der Waals surface area contributed by atoms with Crippen molar-refractivity contribution in [3.05, 3.63) is 48.0 Å². The molecule has 2 aliphatic rings. The van der Waals surface area contributed by atoms with Gasteiger partial charge in [0.15, 0.2) is 0 Å². The van der Waals surface area contributed by atoms with Gasteiger partial charge in [-0.3, -0.25) is 9.69 Å². The Morgan fingerprint density at radius 3 is 2.74 bits per heavy atom. The van der Waals surface area contributed by atoms with Crippen LogP contribution in [-0.4, -0.2) is 43.2 Å². The van der Waals surface area contributed by atoms with Gasteiger partial charge in [0.25, 0.3) is 0 Å². The van der Waals surface area contributed by atoms with Gasteiger partial charge in [-0.25, -0.2) is 0 Å². The van der Waals surface area contributed by atoms with Crippen molar-refractivity contribution < 1.29 is 9.53 Å². The summed E-state index contributed by atoms with van der Waals surface area (Å²) in [4.78, 5) is 15.1. The highest BCUT2D eigenvalue weighted by Crippen LogP contribution is 2.32. The van der Waals surface area contributed by atoms with Crippen LogP contribution in [0.3, 0.4) is 0 Å². The van der Waals surface area contributed by atoms with Gasteiger partial charge in [-0.1, -0.05) is 42.5 Å². The molecule has 23 heavy (non-hydrogen) atoms. The molecule has 1 aromatic carbocycles. The van der Waals surface area contributed by atoms with Crippen LogP contribution in [0.15, 0.2) is 42.5 Å². The fraction of sp³-hybridized carbons (Fsp3) is 0.526. The molecule has 3 rings (SSSR count). The molecule has 4 atom stereocenters. The van der Waals surface area contributed by atoms with Crippen LogP contribution in [0, 0.1) is 5.92 Å². The van der Waals surface area contributed by atoms with Gasteiger partial charge in [-0.15, -0.1) is 0 Å². The number of rotatable bonds is 4. The Morgan fingerprint density at radius 2 is 2.04 bits per heavy atom. The summed E-state index contributed by atoms with van der Waals surface area (Å²) in [6.07, 6.45) is 1.62. The van der Waals surface area contributed by atoms with Crippen LogP contribution in [0.1, 0.15) is 31.4 Å². The van der Waals surface area contributed by atoms with E-state index in [2.05, 4.69) is 48.1 Å². The van der Waals surface area contributed by atoms with Crippen LogP contribution in [0.4, 0.5) is 0 Å². The van der Waals surface area contributed by atoms with Crippen molar-refractivity contribution >= 4 is 5.91 Å². The minimum Gasteiger partial charge on any atom is -0.373 e. The van der Waals surface area contributed by atoms with E-state index in [1.807, 2.05) is 13.0 Å². The highest BCUT2D eigenvalue weighted by atomic mass is 16.5. The van der Waals surface area contributed by atoms with Gasteiger partial charge in [0.2, 0.25) is 5.91 Å². The summed E-state index contributed by atoms with van der Waals surface area (Å²) >= 11 is 0. The molecule has 0 spiro atoms. The van der Waals surface area contributed by atoms with E-state index in [0.717, 1.165) is 25.0 Å². The number of nitrogens with one attached hydrogen (secondary N) is 1. The zero-order chi connectivity index (χ0) is 16.4. The fourth-order valence-electron chi connectivity index (χ4n) is 3.87. The van der Waals surface area contributed by atoms with E-state index in [-0.39, 0.29) is 30.0 Å². The van der Waals surface area contributed by atoms with E-state index in [0.29, 0.717) is 6.61 Å². The van der Waals surface area contributed by atoms with Crippen LogP contribution < -0.4 is 5.32 Å². The van der Waals surface area contributed by atoms with Crippen LogP contribution in [0.2, 0.25) is 0 Å². The molecule has 1 N–H and O–H groups in total. The molecule has 2 heterocycles. The highest BCUT2D eigenvalue weighted by molar-refractivity contribution is 5.80. The summed E-state index contributed by atoms with van der Waals surface area (Å²) in [5.74, 6) is 0.00607. The summed E-state index contributed by atoms with van der Waals surface area (Å²) in [6, 6.07) is 10.8. The molecule has 0 bridgehead atoms. The minimum atomic E-state index is -0.135. The summed E-state index contributed by atoms with van der Waals surface area (Å²) in [6.45, 7) is 7.54. The van der Waals surface area contributed by atoms with E-state index in [1.165, 1.54) is 5.56 Å². The molecule has 2 fully saturated rings. The lowest BCUT2D eigenvalue weighted by Crippen LogP contribution is -2.44. The summed E-state index contributed by atoms with van der Waals surface area (Å²) < 4.78 is 5.67. The number of carbonyl (C=O) groups is 1. The Kier molecular flexibility index (Phi) is 4.83. The van der Waals surface area contributed by atoms with Gasteiger partial charge in [-0.2, -0.15) is 0 Å². The van der Waals surface area contributed by atoms with Gasteiger partial charge in [0.05, 0.1) is 18.1 Å². The first-order valence-electron chi connectivity index (χ1n) is 8.40. The zero-order valence-electron chi connectivity index (χ0n) is 14.0. The van der Waals surface area contributed by atoms with E-state index in [9.17, 15) is 4.79 Å². The second-order valence-electron chi connectivity index (χ2n) is 6.77. The molecule has 1 amide bonds. The number of likely N-dealkylation sites (N-methyl/N-ethyl adjacent to an activating group) is 1. The summed E-state index contributed by atoms with van der Waals surface area (Å²) in [5, 5.41) is 3.28. The molecular weight excluding hydrogens is 288 g/mol. The minimum absolute atomic E-state index is 0.102. The topological polar surface area (TPSA) is 41.6 Å². The second kappa shape index (κ2) is 6.85. The van der Waals surface area contributed by atoms with Crippen molar-refractivity contribution in [2.24, 2.45) is 5.92 Å². The Hall–Kier alpha value is -1.65. The average molecular weight is 314 g/mol. The number of amides is 1. The van der Waals surface area contributed by atoms with Crippen molar-refractivity contribution in [2.75, 3.05) is 20.2 Å². The van der Waals surface area contributed by atoms with Crippen LogP contribution in [0.25, 0.3) is 0 Å². The van der Waals surface area contributed by atoms with Crippen LogP contribution in [-0.2, 0) is 9.53 Å². The van der Waals surface area contributed by atoms with Crippen molar-refractivity contribution in [1.82, 2.24) is 10.2 Å². The molecule has 0 aliphatic carbocycles. The van der Waals surface area contributed by atoms with Crippen molar-refractivity contribution in [3.63, 3.8) is 0 Å². The van der Waals surface area contributed by atoms with Gasteiger partial charge in [-0.05, 0) is 32.4 Å². The first-order chi connectivity index (χ1) is 11.1. The summed E-state index contributed by atoms with van der Waals surface area (Å²) in [5.41, 5.74) is 2.20. The molecule has 4 nitrogen and oxygen atoms in total. The fourth-order valence-corrected chi connectivity index (χ4v) is 3.87. The molecule has 0 aromatic heterocycles. The van der Waals surface area contributed by atoms with Gasteiger partial charge < -0.3 is 10.1 Å². The van der Waals surface area contributed by atoms with E-state index >= 15 is 0 Å². The first kappa shape index (κ1) is 16.2. The number of ether oxygens (including phenoxy) is 1. The maximum Gasteiger partial charge on any atom is 0.226 e. The van der Waals surface area contributed by atoms with E-state index < -0.39 is 0 Å². The number of hydrogen-bond donors (Lipinski definition) is 1. The first-order valence-corrected chi connectivity index (χ1v) is 8.40. The van der Waals surface area contributed by atoms with E-state index in [4.69, 9.17) is 4.74 Å². The normalized spacial score (nSPS) is 31.2. The third-order valence-corrected chi connectivity index (χ3v) is 5.03. The Balaban J connectivity index is 1.71. The highest BCUT2D eigenvalue weighted by Gasteiger charge is 2.39. The molecule has 1 aromatic rings. The lowest BCUT2D eigenvalue weighted by molar-refractivity contribution is -0.127. The molecule has 0 saturated carbocycles. The number of hydrogen-bond acceptors (Lipinski definition) is 3. The largest absolute Gasteiger partial charge is 0.373 e. The number of likely N-dealkylation sites (tertiary alicyclic amines) is 1. The Labute approximate surface area is 138 Å². The molecule has 2 saturated heterocycles. The summed E-state index contributed by atoms with van der Waals surface area (Å²) in [7, 11) is 2.12. The maximum atomic E-state index is 12.7. The third-order valence-electron chi connectivity index (χ3n) is 5.03. The van der Waals surface area contributed by atoms with E-state index in [1.54, 1.807) is 0 Å². The second-order valence-corrected chi connectivity index (χ2v) is 6.77. The van der Waals surface area contributed by atoms with Crippen LogP contribution in [0.5, 0.6) is 0 Å². The van der Waals surface area contributed by atoms with Crippen molar-refractivity contribution in [2.45, 2.75) is 38.0 Å². The lowest BCUT2D eigenvalue weighted by atomic mass is 9.94. The SMILES string of the molecule is C=C(C)[C@H]1OCC[C@H]1C(=O)N[C@H]1CCN(C)[C@H]1c1ccccc1. The standard InChI is InChI=1S/C19H26N2O2/c1-13(2)18-15(10-12-23-18)19(22)20-16-9-11-21(3)17(16)14-7-5-4-6-8-14/h4-8,15-18H,1,9-12H2,2-3H3,(H,20,22)/t15-,16+,17+,18-/m1/s1. The zero-order valence-corrected chi connectivity index (χ0v) is 14.0.